The van der Waals surface area contributed by atoms with Crippen LogP contribution in [0.25, 0.3) is 0 Å². The van der Waals surface area contributed by atoms with Crippen molar-refractivity contribution in [2.75, 3.05) is 20.1 Å². The first-order chi connectivity index (χ1) is 10.5. The molecule has 0 aromatic carbocycles. The highest BCUT2D eigenvalue weighted by molar-refractivity contribution is 5.90. The maximum absolute atomic E-state index is 12.3. The van der Waals surface area contributed by atoms with Crippen LogP contribution in [0, 0.1) is 5.92 Å². The highest BCUT2D eigenvalue weighted by Gasteiger charge is 2.24. The summed E-state index contributed by atoms with van der Waals surface area (Å²) in [4.78, 5) is 37.2. The zero-order valence-electron chi connectivity index (χ0n) is 14.0. The summed E-state index contributed by atoms with van der Waals surface area (Å²) in [6, 6.07) is -0.597. The summed E-state index contributed by atoms with van der Waals surface area (Å²) >= 11 is 0. The van der Waals surface area contributed by atoms with Gasteiger partial charge in [0.15, 0.2) is 0 Å². The second-order valence-corrected chi connectivity index (χ2v) is 6.02. The normalized spacial score (nSPS) is 16.7. The number of carbonyl (C=O) groups is 3. The van der Waals surface area contributed by atoms with Gasteiger partial charge in [-0.15, -0.1) is 0 Å². The van der Waals surface area contributed by atoms with Crippen molar-refractivity contribution in [1.82, 2.24) is 15.5 Å². The number of amides is 3. The molecule has 2 N–H and O–H groups in total. The summed E-state index contributed by atoms with van der Waals surface area (Å²) in [5.41, 5.74) is 0. The molecule has 1 aliphatic rings. The van der Waals surface area contributed by atoms with E-state index in [-0.39, 0.29) is 24.3 Å². The zero-order chi connectivity index (χ0) is 16.5. The van der Waals surface area contributed by atoms with Crippen molar-refractivity contribution >= 4 is 17.7 Å². The Balaban J connectivity index is 2.43. The largest absolute Gasteiger partial charge is 0.358 e. The van der Waals surface area contributed by atoms with Gasteiger partial charge in [-0.3, -0.25) is 14.4 Å². The van der Waals surface area contributed by atoms with E-state index in [9.17, 15) is 14.4 Å². The van der Waals surface area contributed by atoms with E-state index in [0.29, 0.717) is 18.9 Å². The van der Waals surface area contributed by atoms with Gasteiger partial charge in [0.1, 0.15) is 6.04 Å². The Hall–Kier alpha value is -1.59. The topological polar surface area (TPSA) is 78.5 Å². The van der Waals surface area contributed by atoms with Crippen molar-refractivity contribution in [2.45, 2.75) is 58.4 Å². The van der Waals surface area contributed by atoms with Crippen LogP contribution in [0.5, 0.6) is 0 Å². The number of likely N-dealkylation sites (N-methyl/N-ethyl adjacent to an activating group) is 2. The lowest BCUT2D eigenvalue weighted by molar-refractivity contribution is -0.138. The monoisotopic (exact) mass is 311 g/mol. The molecule has 0 spiro atoms. The lowest BCUT2D eigenvalue weighted by atomic mass is 9.87. The van der Waals surface area contributed by atoms with Crippen molar-refractivity contribution in [1.29, 1.82) is 0 Å². The lowest BCUT2D eigenvalue weighted by Crippen LogP contribution is -2.49. The Morgan fingerprint density at radius 1 is 1.14 bits per heavy atom. The van der Waals surface area contributed by atoms with E-state index in [0.717, 1.165) is 12.8 Å². The third-order valence-electron chi connectivity index (χ3n) is 4.25. The minimum absolute atomic E-state index is 0.0225. The fraction of sp³-hybridized carbons (Fsp3) is 0.812. The Labute approximate surface area is 133 Å². The summed E-state index contributed by atoms with van der Waals surface area (Å²) in [6.07, 6.45) is 6.36. The van der Waals surface area contributed by atoms with Crippen LogP contribution in [0.4, 0.5) is 0 Å². The van der Waals surface area contributed by atoms with Crippen LogP contribution in [-0.2, 0) is 14.4 Å². The van der Waals surface area contributed by atoms with E-state index in [1.165, 1.54) is 31.2 Å². The highest BCUT2D eigenvalue weighted by Crippen LogP contribution is 2.26. The number of carbonyl (C=O) groups excluding carboxylic acids is 3. The van der Waals surface area contributed by atoms with Crippen LogP contribution in [-0.4, -0.2) is 48.8 Å². The van der Waals surface area contributed by atoms with Gasteiger partial charge in [-0.05, 0) is 32.6 Å². The molecule has 1 saturated carbocycles. The molecule has 22 heavy (non-hydrogen) atoms. The van der Waals surface area contributed by atoms with Crippen LogP contribution in [0.3, 0.4) is 0 Å². The molecule has 3 amide bonds. The molecule has 0 unspecified atom stereocenters. The van der Waals surface area contributed by atoms with Gasteiger partial charge in [0.2, 0.25) is 17.7 Å². The van der Waals surface area contributed by atoms with Gasteiger partial charge in [-0.1, -0.05) is 19.3 Å². The number of hydrogen-bond donors (Lipinski definition) is 2. The molecule has 1 atom stereocenters. The van der Waals surface area contributed by atoms with Crippen molar-refractivity contribution in [3.05, 3.63) is 0 Å². The standard InChI is InChI=1S/C16H29N3O3/c1-4-19(11-15(21)17-3)16(22)12(2)18-14(20)10-13-8-6-5-7-9-13/h12-13H,4-11H2,1-3H3,(H,17,21)(H,18,20)/t12-/m0/s1. The second kappa shape index (κ2) is 9.43. The van der Waals surface area contributed by atoms with Crippen LogP contribution >= 0.6 is 0 Å². The van der Waals surface area contributed by atoms with Crippen molar-refractivity contribution in [3.8, 4) is 0 Å². The third-order valence-corrected chi connectivity index (χ3v) is 4.25. The lowest BCUT2D eigenvalue weighted by Gasteiger charge is -2.25. The number of nitrogens with zero attached hydrogens (tertiary/aromatic N) is 1. The van der Waals surface area contributed by atoms with Crippen LogP contribution in [0.2, 0.25) is 0 Å². The van der Waals surface area contributed by atoms with Gasteiger partial charge in [0.25, 0.3) is 0 Å². The third kappa shape index (κ3) is 6.03. The van der Waals surface area contributed by atoms with E-state index in [4.69, 9.17) is 0 Å². The minimum atomic E-state index is -0.597. The van der Waals surface area contributed by atoms with E-state index >= 15 is 0 Å². The van der Waals surface area contributed by atoms with Gasteiger partial charge < -0.3 is 15.5 Å². The Morgan fingerprint density at radius 3 is 2.32 bits per heavy atom. The molecule has 1 aliphatic carbocycles. The molecule has 1 rings (SSSR count). The first-order valence-electron chi connectivity index (χ1n) is 8.26. The first-order valence-corrected chi connectivity index (χ1v) is 8.26. The predicted octanol–water partition coefficient (Wildman–Crippen LogP) is 1.06. The zero-order valence-corrected chi connectivity index (χ0v) is 14.0. The first kappa shape index (κ1) is 18.5. The Kier molecular flexibility index (Phi) is 7.91. The maximum Gasteiger partial charge on any atom is 0.245 e. The maximum atomic E-state index is 12.3. The smallest absolute Gasteiger partial charge is 0.245 e. The molecule has 1 fully saturated rings. The average Bonchev–Trinajstić information content (AvgIpc) is 2.52. The molecular weight excluding hydrogens is 282 g/mol. The predicted molar refractivity (Wildman–Crippen MR) is 85.1 cm³/mol. The minimum Gasteiger partial charge on any atom is -0.358 e. The van der Waals surface area contributed by atoms with Crippen molar-refractivity contribution < 1.29 is 14.4 Å². The van der Waals surface area contributed by atoms with Gasteiger partial charge in [-0.2, -0.15) is 0 Å². The molecule has 0 aliphatic heterocycles. The average molecular weight is 311 g/mol. The van der Waals surface area contributed by atoms with Gasteiger partial charge >= 0.3 is 0 Å². The summed E-state index contributed by atoms with van der Waals surface area (Å²) in [5.74, 6) is -0.0491. The number of nitrogens with one attached hydrogen (secondary N) is 2. The summed E-state index contributed by atoms with van der Waals surface area (Å²) in [6.45, 7) is 3.95. The van der Waals surface area contributed by atoms with Gasteiger partial charge in [0, 0.05) is 20.0 Å². The fourth-order valence-corrected chi connectivity index (χ4v) is 2.89. The van der Waals surface area contributed by atoms with Crippen molar-refractivity contribution in [2.24, 2.45) is 5.92 Å². The molecule has 0 heterocycles. The van der Waals surface area contributed by atoms with E-state index in [1.807, 2.05) is 6.92 Å². The van der Waals surface area contributed by atoms with Crippen LogP contribution < -0.4 is 10.6 Å². The fourth-order valence-electron chi connectivity index (χ4n) is 2.89. The Bertz CT molecular complexity index is 392. The number of rotatable bonds is 7. The SMILES string of the molecule is CCN(CC(=O)NC)C(=O)[C@H](C)NC(=O)CC1CCCCC1. The highest BCUT2D eigenvalue weighted by atomic mass is 16.2. The number of hydrogen-bond acceptors (Lipinski definition) is 3. The Morgan fingerprint density at radius 2 is 1.77 bits per heavy atom. The van der Waals surface area contributed by atoms with E-state index < -0.39 is 6.04 Å². The molecule has 0 saturated heterocycles. The van der Waals surface area contributed by atoms with E-state index in [1.54, 1.807) is 6.92 Å². The van der Waals surface area contributed by atoms with Gasteiger partial charge in [-0.25, -0.2) is 0 Å². The molecule has 0 aromatic rings. The molecule has 6 heteroatoms. The van der Waals surface area contributed by atoms with Gasteiger partial charge in [0.05, 0.1) is 6.54 Å². The second-order valence-electron chi connectivity index (χ2n) is 6.02. The molecule has 126 valence electrons. The molecule has 0 radical (unpaired) electrons. The van der Waals surface area contributed by atoms with Crippen LogP contribution in [0.1, 0.15) is 52.4 Å². The van der Waals surface area contributed by atoms with Crippen LogP contribution in [0.15, 0.2) is 0 Å². The van der Waals surface area contributed by atoms with E-state index in [2.05, 4.69) is 10.6 Å². The summed E-state index contributed by atoms with van der Waals surface area (Å²) in [5, 5.41) is 5.27. The van der Waals surface area contributed by atoms with Crippen molar-refractivity contribution in [3.63, 3.8) is 0 Å². The molecule has 0 bridgehead atoms. The molecule has 0 aromatic heterocycles. The summed E-state index contributed by atoms with van der Waals surface area (Å²) in [7, 11) is 1.54. The molecular formula is C16H29N3O3. The quantitative estimate of drug-likeness (QED) is 0.738. The summed E-state index contributed by atoms with van der Waals surface area (Å²) < 4.78 is 0. The molecule has 6 nitrogen and oxygen atoms in total.